The second kappa shape index (κ2) is 6.27. The molecule has 0 bridgehead atoms. The molecule has 0 aliphatic carbocycles. The number of aldehydes is 1. The summed E-state index contributed by atoms with van der Waals surface area (Å²) in [6.45, 7) is 3.97. The van der Waals surface area contributed by atoms with Crippen molar-refractivity contribution in [1.29, 1.82) is 0 Å². The van der Waals surface area contributed by atoms with Crippen molar-refractivity contribution in [3.63, 3.8) is 0 Å². The van der Waals surface area contributed by atoms with Crippen molar-refractivity contribution in [2.45, 2.75) is 26.7 Å². The molecule has 56 valence electrons. The third-order valence-electron chi connectivity index (χ3n) is 1.29. The highest BCUT2D eigenvalue weighted by molar-refractivity contribution is 5.65. The molecule has 0 aromatic heterocycles. The van der Waals surface area contributed by atoms with Crippen LogP contribution in [0.25, 0.3) is 0 Å². The summed E-state index contributed by atoms with van der Waals surface area (Å²) in [5.74, 6) is 0. The SMILES string of the molecule is C/C=C\CCC(C)=CC=O. The molecule has 0 aliphatic rings. The maximum absolute atomic E-state index is 9.95. The van der Waals surface area contributed by atoms with Gasteiger partial charge in [0.05, 0.1) is 0 Å². The third kappa shape index (κ3) is 5.29. The first kappa shape index (κ1) is 9.15. The van der Waals surface area contributed by atoms with Gasteiger partial charge in [-0.25, -0.2) is 0 Å². The zero-order chi connectivity index (χ0) is 7.82. The number of allylic oxidation sites excluding steroid dienone is 4. The van der Waals surface area contributed by atoms with Gasteiger partial charge in [-0.3, -0.25) is 4.79 Å². The first-order chi connectivity index (χ1) is 4.81. The van der Waals surface area contributed by atoms with E-state index in [4.69, 9.17) is 0 Å². The Hall–Kier alpha value is -0.850. The summed E-state index contributed by atoms with van der Waals surface area (Å²) < 4.78 is 0. The topological polar surface area (TPSA) is 17.1 Å². The Bertz CT molecular complexity index is 143. The first-order valence-electron chi connectivity index (χ1n) is 3.53. The molecule has 0 rings (SSSR count). The molecular weight excluding hydrogens is 124 g/mol. The Kier molecular flexibility index (Phi) is 5.74. The zero-order valence-electron chi connectivity index (χ0n) is 6.63. The molecule has 0 fully saturated rings. The van der Waals surface area contributed by atoms with Crippen molar-refractivity contribution in [3.05, 3.63) is 23.8 Å². The van der Waals surface area contributed by atoms with Gasteiger partial charge in [-0.05, 0) is 32.8 Å². The van der Waals surface area contributed by atoms with Gasteiger partial charge in [0.2, 0.25) is 0 Å². The lowest BCUT2D eigenvalue weighted by Crippen LogP contribution is -1.75. The van der Waals surface area contributed by atoms with Crippen LogP contribution in [0.2, 0.25) is 0 Å². The van der Waals surface area contributed by atoms with Crippen molar-refractivity contribution >= 4 is 6.29 Å². The second-order valence-electron chi connectivity index (χ2n) is 2.26. The largest absolute Gasteiger partial charge is 0.299 e. The van der Waals surface area contributed by atoms with Gasteiger partial charge in [0.15, 0.2) is 0 Å². The molecule has 0 unspecified atom stereocenters. The highest BCUT2D eigenvalue weighted by atomic mass is 16.1. The molecule has 0 aromatic rings. The van der Waals surface area contributed by atoms with Crippen LogP contribution in [-0.2, 0) is 4.79 Å². The highest BCUT2D eigenvalue weighted by Gasteiger charge is 1.84. The predicted molar refractivity (Wildman–Crippen MR) is 43.9 cm³/mol. The fourth-order valence-corrected chi connectivity index (χ4v) is 0.677. The maximum atomic E-state index is 9.95. The van der Waals surface area contributed by atoms with Crippen LogP contribution in [-0.4, -0.2) is 6.29 Å². The second-order valence-corrected chi connectivity index (χ2v) is 2.26. The summed E-state index contributed by atoms with van der Waals surface area (Å²) in [6.07, 6.45) is 8.60. The summed E-state index contributed by atoms with van der Waals surface area (Å²) in [5, 5.41) is 0. The Morgan fingerprint density at radius 3 is 2.70 bits per heavy atom. The van der Waals surface area contributed by atoms with Gasteiger partial charge in [-0.15, -0.1) is 0 Å². The van der Waals surface area contributed by atoms with Gasteiger partial charge in [0, 0.05) is 0 Å². The normalized spacial score (nSPS) is 12.4. The van der Waals surface area contributed by atoms with Crippen molar-refractivity contribution in [1.82, 2.24) is 0 Å². The molecule has 10 heavy (non-hydrogen) atoms. The van der Waals surface area contributed by atoms with Crippen molar-refractivity contribution in [2.75, 3.05) is 0 Å². The van der Waals surface area contributed by atoms with Crippen LogP contribution in [0.15, 0.2) is 23.8 Å². The Labute approximate surface area is 62.4 Å². The van der Waals surface area contributed by atoms with Gasteiger partial charge in [-0.2, -0.15) is 0 Å². The van der Waals surface area contributed by atoms with E-state index in [1.54, 1.807) is 6.08 Å². The summed E-state index contributed by atoms with van der Waals surface area (Å²) in [5.41, 5.74) is 1.15. The maximum Gasteiger partial charge on any atom is 0.142 e. The molecule has 0 saturated carbocycles. The van der Waals surface area contributed by atoms with Crippen molar-refractivity contribution in [3.8, 4) is 0 Å². The van der Waals surface area contributed by atoms with E-state index in [1.807, 2.05) is 19.9 Å². The highest BCUT2D eigenvalue weighted by Crippen LogP contribution is 2.02. The molecule has 0 aromatic carbocycles. The van der Waals surface area contributed by atoms with E-state index in [9.17, 15) is 4.79 Å². The van der Waals surface area contributed by atoms with Crippen LogP contribution >= 0.6 is 0 Å². The number of rotatable bonds is 4. The number of hydrogen-bond acceptors (Lipinski definition) is 1. The molecule has 1 nitrogen and oxygen atoms in total. The predicted octanol–water partition coefficient (Wildman–Crippen LogP) is 2.49. The molecule has 0 aliphatic heterocycles. The van der Waals surface area contributed by atoms with Crippen molar-refractivity contribution in [2.24, 2.45) is 0 Å². The van der Waals surface area contributed by atoms with Crippen LogP contribution in [0.3, 0.4) is 0 Å². The quantitative estimate of drug-likeness (QED) is 0.331. The molecule has 0 heterocycles. The number of carbonyl (C=O) groups excluding carboxylic acids is 1. The lowest BCUT2D eigenvalue weighted by Gasteiger charge is -1.92. The molecule has 0 N–H and O–H groups in total. The first-order valence-corrected chi connectivity index (χ1v) is 3.53. The average Bonchev–Trinajstić information content (AvgIpc) is 1.89. The summed E-state index contributed by atoms with van der Waals surface area (Å²) in [7, 11) is 0. The van der Waals surface area contributed by atoms with Gasteiger partial charge >= 0.3 is 0 Å². The van der Waals surface area contributed by atoms with E-state index in [0.717, 1.165) is 24.7 Å². The van der Waals surface area contributed by atoms with Crippen LogP contribution in [0.1, 0.15) is 26.7 Å². The van der Waals surface area contributed by atoms with Gasteiger partial charge in [-0.1, -0.05) is 17.7 Å². The lowest BCUT2D eigenvalue weighted by molar-refractivity contribution is -0.104. The van der Waals surface area contributed by atoms with Crippen LogP contribution in [0.4, 0.5) is 0 Å². The van der Waals surface area contributed by atoms with Gasteiger partial charge in [0.1, 0.15) is 6.29 Å². The third-order valence-corrected chi connectivity index (χ3v) is 1.29. The Morgan fingerprint density at radius 2 is 2.20 bits per heavy atom. The van der Waals surface area contributed by atoms with Gasteiger partial charge < -0.3 is 0 Å². The summed E-state index contributed by atoms with van der Waals surface area (Å²) in [6, 6.07) is 0. The minimum atomic E-state index is 0.838. The molecule has 0 atom stereocenters. The number of carbonyl (C=O) groups is 1. The van der Waals surface area contributed by atoms with Crippen LogP contribution in [0.5, 0.6) is 0 Å². The van der Waals surface area contributed by atoms with E-state index in [0.29, 0.717) is 0 Å². The molecule has 0 radical (unpaired) electrons. The number of hydrogen-bond donors (Lipinski definition) is 0. The van der Waals surface area contributed by atoms with Crippen LogP contribution < -0.4 is 0 Å². The minimum Gasteiger partial charge on any atom is -0.299 e. The van der Waals surface area contributed by atoms with Crippen LogP contribution in [0, 0.1) is 0 Å². The molecule has 0 spiro atoms. The summed E-state index contributed by atoms with van der Waals surface area (Å²) >= 11 is 0. The lowest BCUT2D eigenvalue weighted by atomic mass is 10.1. The smallest absolute Gasteiger partial charge is 0.142 e. The van der Waals surface area contributed by atoms with E-state index in [2.05, 4.69) is 6.08 Å². The molecule has 1 heteroatoms. The van der Waals surface area contributed by atoms with Gasteiger partial charge in [0.25, 0.3) is 0 Å². The van der Waals surface area contributed by atoms with Crippen molar-refractivity contribution < 1.29 is 4.79 Å². The Morgan fingerprint density at radius 1 is 1.50 bits per heavy atom. The Balaban J connectivity index is 3.48. The van der Waals surface area contributed by atoms with E-state index in [-0.39, 0.29) is 0 Å². The minimum absolute atomic E-state index is 0.838. The van der Waals surface area contributed by atoms with E-state index >= 15 is 0 Å². The fraction of sp³-hybridized carbons (Fsp3) is 0.444. The molecular formula is C9H14O. The monoisotopic (exact) mass is 138 g/mol. The average molecular weight is 138 g/mol. The molecule has 0 amide bonds. The summed E-state index contributed by atoms with van der Waals surface area (Å²) in [4.78, 5) is 9.95. The van der Waals surface area contributed by atoms with E-state index in [1.165, 1.54) is 0 Å². The fourth-order valence-electron chi connectivity index (χ4n) is 0.677. The standard InChI is InChI=1S/C9H14O/c1-3-4-5-6-9(2)7-8-10/h3-4,7-8H,5-6H2,1-2H3/b4-3-,9-7?. The molecule has 0 saturated heterocycles. The van der Waals surface area contributed by atoms with E-state index < -0.39 is 0 Å². The zero-order valence-corrected chi connectivity index (χ0v) is 6.63.